The summed E-state index contributed by atoms with van der Waals surface area (Å²) in [6.07, 6.45) is 10.0. The van der Waals surface area contributed by atoms with Crippen LogP contribution in [-0.2, 0) is 5.41 Å². The maximum atomic E-state index is 6.66. The Morgan fingerprint density at radius 1 is 1.05 bits per heavy atom. The standard InChI is InChI=1S/C19H31NS/c1-19(2,3)17-11-10-16(21-17)18(20)15-9-8-13-6-4-5-7-14(13)12-15/h10-11,13-15,18H,4-9,12,20H2,1-3H3. The average Bonchev–Trinajstić information content (AvgIpc) is 2.96. The first kappa shape index (κ1) is 15.6. The van der Waals surface area contributed by atoms with Crippen molar-refractivity contribution >= 4 is 11.3 Å². The zero-order valence-corrected chi connectivity index (χ0v) is 14.7. The van der Waals surface area contributed by atoms with Gasteiger partial charge in [-0.1, -0.05) is 46.5 Å². The summed E-state index contributed by atoms with van der Waals surface area (Å²) in [5, 5.41) is 0. The molecule has 0 spiro atoms. The molecule has 0 saturated heterocycles. The fourth-order valence-corrected chi connectivity index (χ4v) is 5.56. The number of rotatable bonds is 2. The summed E-state index contributed by atoms with van der Waals surface area (Å²) in [6, 6.07) is 4.86. The number of fused-ring (bicyclic) bond motifs is 1. The fraction of sp³-hybridized carbons (Fsp3) is 0.789. The highest BCUT2D eigenvalue weighted by atomic mass is 32.1. The third-order valence-electron chi connectivity index (χ3n) is 5.78. The van der Waals surface area contributed by atoms with E-state index in [4.69, 9.17) is 5.73 Å². The quantitative estimate of drug-likeness (QED) is 0.750. The molecule has 0 radical (unpaired) electrons. The summed E-state index contributed by atoms with van der Waals surface area (Å²) >= 11 is 1.95. The van der Waals surface area contributed by atoms with Crippen LogP contribution >= 0.6 is 11.3 Å². The second-order valence-electron chi connectivity index (χ2n) is 8.36. The molecule has 0 aromatic carbocycles. The van der Waals surface area contributed by atoms with Crippen molar-refractivity contribution in [3.63, 3.8) is 0 Å². The van der Waals surface area contributed by atoms with Crippen molar-refractivity contribution in [2.75, 3.05) is 0 Å². The molecule has 2 aliphatic rings. The van der Waals surface area contributed by atoms with Crippen molar-refractivity contribution < 1.29 is 0 Å². The Bertz CT molecular complexity index is 470. The normalized spacial score (nSPS) is 31.7. The molecule has 1 heterocycles. The molecule has 1 aromatic rings. The van der Waals surface area contributed by atoms with E-state index in [9.17, 15) is 0 Å². The monoisotopic (exact) mass is 305 g/mol. The van der Waals surface area contributed by atoms with Crippen molar-refractivity contribution in [3.05, 3.63) is 21.9 Å². The molecule has 1 nitrogen and oxygen atoms in total. The molecule has 4 atom stereocenters. The van der Waals surface area contributed by atoms with Crippen LogP contribution in [0.4, 0.5) is 0 Å². The molecule has 0 bridgehead atoms. The van der Waals surface area contributed by atoms with Gasteiger partial charge < -0.3 is 5.73 Å². The minimum atomic E-state index is 0.254. The first-order chi connectivity index (χ1) is 9.95. The van der Waals surface area contributed by atoms with Crippen molar-refractivity contribution in [1.82, 2.24) is 0 Å². The first-order valence-electron chi connectivity index (χ1n) is 8.81. The molecular weight excluding hydrogens is 274 g/mol. The van der Waals surface area contributed by atoms with Gasteiger partial charge in [0, 0.05) is 15.8 Å². The predicted octanol–water partition coefficient (Wildman–Crippen LogP) is 5.65. The van der Waals surface area contributed by atoms with Gasteiger partial charge in [-0.2, -0.15) is 0 Å². The van der Waals surface area contributed by atoms with Crippen molar-refractivity contribution in [3.8, 4) is 0 Å². The topological polar surface area (TPSA) is 26.0 Å². The highest BCUT2D eigenvalue weighted by molar-refractivity contribution is 7.12. The molecule has 3 rings (SSSR count). The summed E-state index contributed by atoms with van der Waals surface area (Å²) in [4.78, 5) is 2.89. The molecule has 0 aliphatic heterocycles. The van der Waals surface area contributed by atoms with Gasteiger partial charge in [-0.3, -0.25) is 0 Å². The van der Waals surface area contributed by atoms with Crippen LogP contribution < -0.4 is 5.73 Å². The van der Waals surface area contributed by atoms with E-state index in [2.05, 4.69) is 32.9 Å². The van der Waals surface area contributed by atoms with Crippen molar-refractivity contribution in [1.29, 1.82) is 0 Å². The lowest BCUT2D eigenvalue weighted by Gasteiger charge is -2.41. The molecule has 4 unspecified atom stereocenters. The summed E-state index contributed by atoms with van der Waals surface area (Å²) < 4.78 is 0. The Balaban J connectivity index is 1.67. The fourth-order valence-electron chi connectivity index (χ4n) is 4.40. The highest BCUT2D eigenvalue weighted by Gasteiger charge is 2.35. The van der Waals surface area contributed by atoms with E-state index in [1.807, 2.05) is 11.3 Å². The van der Waals surface area contributed by atoms with Gasteiger partial charge in [0.1, 0.15) is 0 Å². The molecule has 1 aromatic heterocycles. The predicted molar refractivity (Wildman–Crippen MR) is 92.7 cm³/mol. The lowest BCUT2D eigenvalue weighted by molar-refractivity contribution is 0.118. The Labute approximate surface area is 134 Å². The summed E-state index contributed by atoms with van der Waals surface area (Å²) in [7, 11) is 0. The molecule has 2 N–H and O–H groups in total. The zero-order valence-electron chi connectivity index (χ0n) is 13.9. The Hall–Kier alpha value is -0.340. The van der Waals surface area contributed by atoms with Crippen LogP contribution in [0.3, 0.4) is 0 Å². The average molecular weight is 306 g/mol. The second kappa shape index (κ2) is 6.04. The second-order valence-corrected chi connectivity index (χ2v) is 9.47. The third kappa shape index (κ3) is 3.37. The van der Waals surface area contributed by atoms with Gasteiger partial charge in [-0.15, -0.1) is 11.3 Å². The minimum Gasteiger partial charge on any atom is -0.323 e. The number of thiophene rings is 1. The van der Waals surface area contributed by atoms with Crippen LogP contribution in [0.2, 0.25) is 0 Å². The first-order valence-corrected chi connectivity index (χ1v) is 9.62. The Morgan fingerprint density at radius 3 is 2.43 bits per heavy atom. The van der Waals surface area contributed by atoms with E-state index >= 15 is 0 Å². The van der Waals surface area contributed by atoms with Gasteiger partial charge in [-0.05, 0) is 54.6 Å². The number of hydrogen-bond acceptors (Lipinski definition) is 2. The Kier molecular flexibility index (Phi) is 4.47. The van der Waals surface area contributed by atoms with Crippen LogP contribution in [0.1, 0.15) is 81.5 Å². The summed E-state index contributed by atoms with van der Waals surface area (Å²) in [5.41, 5.74) is 6.91. The zero-order chi connectivity index (χ0) is 15.0. The highest BCUT2D eigenvalue weighted by Crippen LogP contribution is 2.46. The van der Waals surface area contributed by atoms with Crippen LogP contribution in [0.5, 0.6) is 0 Å². The molecule has 0 amide bonds. The van der Waals surface area contributed by atoms with E-state index in [0.29, 0.717) is 0 Å². The van der Waals surface area contributed by atoms with Gasteiger partial charge in [0.15, 0.2) is 0 Å². The van der Waals surface area contributed by atoms with Crippen LogP contribution in [0.15, 0.2) is 12.1 Å². The van der Waals surface area contributed by atoms with E-state index in [1.165, 1.54) is 54.7 Å². The molecule has 2 aliphatic carbocycles. The number of nitrogens with two attached hydrogens (primary N) is 1. The van der Waals surface area contributed by atoms with Crippen LogP contribution in [0, 0.1) is 17.8 Å². The van der Waals surface area contributed by atoms with Gasteiger partial charge in [0.25, 0.3) is 0 Å². The van der Waals surface area contributed by atoms with E-state index in [1.54, 1.807) is 0 Å². The van der Waals surface area contributed by atoms with Crippen molar-refractivity contribution in [2.24, 2.45) is 23.5 Å². The summed E-state index contributed by atoms with van der Waals surface area (Å²) in [5.74, 6) is 2.72. The molecule has 2 fully saturated rings. The maximum absolute atomic E-state index is 6.66. The molecular formula is C19H31NS. The number of hydrogen-bond donors (Lipinski definition) is 1. The van der Waals surface area contributed by atoms with Crippen molar-refractivity contribution in [2.45, 2.75) is 77.2 Å². The van der Waals surface area contributed by atoms with Gasteiger partial charge in [0.2, 0.25) is 0 Å². The van der Waals surface area contributed by atoms with Crippen LogP contribution in [-0.4, -0.2) is 0 Å². The lowest BCUT2D eigenvalue weighted by atomic mass is 9.66. The van der Waals surface area contributed by atoms with E-state index < -0.39 is 0 Å². The van der Waals surface area contributed by atoms with E-state index in [0.717, 1.165) is 17.8 Å². The molecule has 21 heavy (non-hydrogen) atoms. The Morgan fingerprint density at radius 2 is 1.76 bits per heavy atom. The minimum absolute atomic E-state index is 0.254. The van der Waals surface area contributed by atoms with Gasteiger partial charge in [-0.25, -0.2) is 0 Å². The van der Waals surface area contributed by atoms with Gasteiger partial charge >= 0.3 is 0 Å². The van der Waals surface area contributed by atoms with E-state index in [-0.39, 0.29) is 11.5 Å². The third-order valence-corrected chi connectivity index (χ3v) is 7.39. The van der Waals surface area contributed by atoms with Crippen LogP contribution in [0.25, 0.3) is 0 Å². The molecule has 2 heteroatoms. The largest absolute Gasteiger partial charge is 0.323 e. The molecule has 2 saturated carbocycles. The smallest absolute Gasteiger partial charge is 0.0418 e. The SMILES string of the molecule is CC(C)(C)c1ccc(C(N)C2CCC3CCCCC3C2)s1. The molecule has 118 valence electrons. The lowest BCUT2D eigenvalue weighted by Crippen LogP contribution is -2.32. The van der Waals surface area contributed by atoms with Gasteiger partial charge in [0.05, 0.1) is 0 Å². The maximum Gasteiger partial charge on any atom is 0.0418 e. The summed E-state index contributed by atoms with van der Waals surface area (Å²) in [6.45, 7) is 6.88.